The smallest absolute Gasteiger partial charge is 0.124 e. The van der Waals surface area contributed by atoms with Crippen LogP contribution in [0.4, 0.5) is 10.1 Å². The standard InChI is InChI=1S/C18H18ClFN2/c19-16-9-15(20)3-2-13(16)8-14-10-21-7-4-17(14)22-11-18(12-22)5-1-6-18/h2-4,7,9-10H,1,5-6,8,11-12H2. The van der Waals surface area contributed by atoms with Crippen molar-refractivity contribution in [2.24, 2.45) is 5.41 Å². The SMILES string of the molecule is Fc1ccc(Cc2cnccc2N2CC3(CCC3)C2)c(Cl)c1. The Bertz CT molecular complexity index is 704. The normalized spacial score (nSPS) is 18.9. The highest BCUT2D eigenvalue weighted by Crippen LogP contribution is 2.49. The zero-order valence-electron chi connectivity index (χ0n) is 12.4. The molecule has 1 aliphatic heterocycles. The largest absolute Gasteiger partial charge is 0.370 e. The first kappa shape index (κ1) is 14.0. The van der Waals surface area contributed by atoms with Gasteiger partial charge in [0.15, 0.2) is 0 Å². The fourth-order valence-electron chi connectivity index (χ4n) is 3.66. The van der Waals surface area contributed by atoms with Gasteiger partial charge in [-0.2, -0.15) is 0 Å². The predicted molar refractivity (Wildman–Crippen MR) is 87.0 cm³/mol. The Labute approximate surface area is 134 Å². The lowest BCUT2D eigenvalue weighted by molar-refractivity contribution is 0.0902. The number of benzene rings is 1. The highest BCUT2D eigenvalue weighted by molar-refractivity contribution is 6.31. The van der Waals surface area contributed by atoms with E-state index in [0.29, 0.717) is 16.9 Å². The zero-order valence-corrected chi connectivity index (χ0v) is 13.1. The maximum Gasteiger partial charge on any atom is 0.124 e. The molecule has 1 aromatic carbocycles. The van der Waals surface area contributed by atoms with E-state index in [-0.39, 0.29) is 5.82 Å². The summed E-state index contributed by atoms with van der Waals surface area (Å²) >= 11 is 6.16. The Kier molecular flexibility index (Phi) is 3.33. The molecule has 1 saturated carbocycles. The first-order valence-electron chi connectivity index (χ1n) is 7.77. The van der Waals surface area contributed by atoms with Crippen LogP contribution in [0.15, 0.2) is 36.7 Å². The molecule has 0 N–H and O–H groups in total. The van der Waals surface area contributed by atoms with Crippen molar-refractivity contribution in [1.29, 1.82) is 0 Å². The van der Waals surface area contributed by atoms with E-state index in [1.807, 2.05) is 12.4 Å². The van der Waals surface area contributed by atoms with Crippen molar-refractivity contribution in [2.45, 2.75) is 25.7 Å². The van der Waals surface area contributed by atoms with E-state index in [2.05, 4.69) is 16.0 Å². The van der Waals surface area contributed by atoms with Crippen molar-refractivity contribution >= 4 is 17.3 Å². The summed E-state index contributed by atoms with van der Waals surface area (Å²) in [7, 11) is 0. The van der Waals surface area contributed by atoms with Crippen LogP contribution in [0, 0.1) is 11.2 Å². The summed E-state index contributed by atoms with van der Waals surface area (Å²) in [5, 5.41) is 0.480. The van der Waals surface area contributed by atoms with E-state index in [9.17, 15) is 4.39 Å². The number of pyridine rings is 1. The molecule has 2 aromatic rings. The van der Waals surface area contributed by atoms with Crippen LogP contribution in [0.3, 0.4) is 0 Å². The third-order valence-corrected chi connectivity index (χ3v) is 5.43. The van der Waals surface area contributed by atoms with E-state index in [1.165, 1.54) is 37.1 Å². The van der Waals surface area contributed by atoms with Crippen molar-refractivity contribution in [3.8, 4) is 0 Å². The summed E-state index contributed by atoms with van der Waals surface area (Å²) in [6.07, 6.45) is 8.55. The lowest BCUT2D eigenvalue weighted by Crippen LogP contribution is -2.60. The summed E-state index contributed by atoms with van der Waals surface area (Å²) in [5.41, 5.74) is 3.93. The Morgan fingerprint density at radius 1 is 1.18 bits per heavy atom. The number of nitrogens with zero attached hydrogens (tertiary/aromatic N) is 2. The molecule has 4 rings (SSSR count). The number of halogens is 2. The third-order valence-electron chi connectivity index (χ3n) is 5.08. The van der Waals surface area contributed by atoms with Gasteiger partial charge in [-0.05, 0) is 42.2 Å². The van der Waals surface area contributed by atoms with Gasteiger partial charge in [-0.25, -0.2) is 4.39 Å². The minimum Gasteiger partial charge on any atom is -0.370 e. The third kappa shape index (κ3) is 2.38. The van der Waals surface area contributed by atoms with E-state index in [1.54, 1.807) is 6.07 Å². The molecule has 0 unspecified atom stereocenters. The first-order chi connectivity index (χ1) is 10.7. The number of hydrogen-bond acceptors (Lipinski definition) is 2. The molecule has 4 heteroatoms. The van der Waals surface area contributed by atoms with E-state index in [0.717, 1.165) is 24.2 Å². The van der Waals surface area contributed by atoms with Gasteiger partial charge in [-0.3, -0.25) is 4.98 Å². The molecule has 2 heterocycles. The average Bonchev–Trinajstić information content (AvgIpc) is 2.40. The molecule has 1 spiro atoms. The van der Waals surface area contributed by atoms with Gasteiger partial charge in [0, 0.05) is 48.0 Å². The summed E-state index contributed by atoms with van der Waals surface area (Å²) in [5.74, 6) is -0.296. The zero-order chi connectivity index (χ0) is 15.2. The maximum absolute atomic E-state index is 13.2. The molecular formula is C18H18ClFN2. The fraction of sp³-hybridized carbons (Fsp3) is 0.389. The summed E-state index contributed by atoms with van der Waals surface area (Å²) in [6, 6.07) is 6.68. The second-order valence-corrected chi connectivity index (χ2v) is 7.03. The van der Waals surface area contributed by atoms with Crippen LogP contribution in [0.1, 0.15) is 30.4 Å². The Balaban J connectivity index is 1.57. The van der Waals surface area contributed by atoms with Crippen molar-refractivity contribution in [3.63, 3.8) is 0 Å². The molecule has 2 fully saturated rings. The molecule has 2 aliphatic rings. The van der Waals surface area contributed by atoms with Crippen molar-refractivity contribution < 1.29 is 4.39 Å². The highest BCUT2D eigenvalue weighted by atomic mass is 35.5. The molecule has 0 bridgehead atoms. The van der Waals surface area contributed by atoms with Crippen LogP contribution in [-0.2, 0) is 6.42 Å². The van der Waals surface area contributed by atoms with Gasteiger partial charge in [-0.1, -0.05) is 24.1 Å². The van der Waals surface area contributed by atoms with Crippen LogP contribution in [0.2, 0.25) is 5.02 Å². The molecule has 1 saturated heterocycles. The average molecular weight is 317 g/mol. The molecule has 1 aliphatic carbocycles. The molecule has 0 radical (unpaired) electrons. The Morgan fingerprint density at radius 3 is 2.68 bits per heavy atom. The van der Waals surface area contributed by atoms with Crippen molar-refractivity contribution in [2.75, 3.05) is 18.0 Å². The predicted octanol–water partition coefficient (Wildman–Crippen LogP) is 4.46. The van der Waals surface area contributed by atoms with Crippen LogP contribution in [0.5, 0.6) is 0 Å². The van der Waals surface area contributed by atoms with Gasteiger partial charge in [0.05, 0.1) is 0 Å². The van der Waals surface area contributed by atoms with Gasteiger partial charge in [0.1, 0.15) is 5.82 Å². The van der Waals surface area contributed by atoms with E-state index >= 15 is 0 Å². The second-order valence-electron chi connectivity index (χ2n) is 6.63. The number of rotatable bonds is 3. The summed E-state index contributed by atoms with van der Waals surface area (Å²) < 4.78 is 13.2. The molecule has 114 valence electrons. The molecule has 1 aromatic heterocycles. The number of aromatic nitrogens is 1. The van der Waals surface area contributed by atoms with Crippen LogP contribution in [-0.4, -0.2) is 18.1 Å². The lowest BCUT2D eigenvalue weighted by atomic mass is 9.63. The van der Waals surface area contributed by atoms with Gasteiger partial charge in [0.25, 0.3) is 0 Å². The minimum atomic E-state index is -0.296. The molecule has 2 nitrogen and oxygen atoms in total. The van der Waals surface area contributed by atoms with Gasteiger partial charge in [0.2, 0.25) is 0 Å². The number of hydrogen-bond donors (Lipinski definition) is 0. The quantitative estimate of drug-likeness (QED) is 0.831. The number of anilines is 1. The first-order valence-corrected chi connectivity index (χ1v) is 8.15. The summed E-state index contributed by atoms with van der Waals surface area (Å²) in [6.45, 7) is 2.31. The van der Waals surface area contributed by atoms with Crippen LogP contribution in [0.25, 0.3) is 0 Å². The lowest BCUT2D eigenvalue weighted by Gasteiger charge is -2.57. The second kappa shape index (κ2) is 5.24. The van der Waals surface area contributed by atoms with Crippen LogP contribution >= 0.6 is 11.6 Å². The highest BCUT2D eigenvalue weighted by Gasteiger charge is 2.47. The van der Waals surface area contributed by atoms with Gasteiger partial charge < -0.3 is 4.90 Å². The Hall–Kier alpha value is -1.61. The van der Waals surface area contributed by atoms with Gasteiger partial charge >= 0.3 is 0 Å². The van der Waals surface area contributed by atoms with Crippen molar-refractivity contribution in [3.05, 3.63) is 58.6 Å². The fourth-order valence-corrected chi connectivity index (χ4v) is 3.90. The monoisotopic (exact) mass is 316 g/mol. The van der Waals surface area contributed by atoms with Gasteiger partial charge in [-0.15, -0.1) is 0 Å². The molecular weight excluding hydrogens is 299 g/mol. The molecule has 0 atom stereocenters. The minimum absolute atomic E-state index is 0.296. The van der Waals surface area contributed by atoms with Crippen LogP contribution < -0.4 is 4.90 Å². The maximum atomic E-state index is 13.2. The van der Waals surface area contributed by atoms with Crippen molar-refractivity contribution in [1.82, 2.24) is 4.98 Å². The Morgan fingerprint density at radius 2 is 2.00 bits per heavy atom. The molecule has 0 amide bonds. The van der Waals surface area contributed by atoms with E-state index < -0.39 is 0 Å². The summed E-state index contributed by atoms with van der Waals surface area (Å²) in [4.78, 5) is 6.69. The molecule has 22 heavy (non-hydrogen) atoms. The van der Waals surface area contributed by atoms with E-state index in [4.69, 9.17) is 11.6 Å². The topological polar surface area (TPSA) is 16.1 Å².